The van der Waals surface area contributed by atoms with E-state index in [1.165, 1.54) is 37.0 Å². The summed E-state index contributed by atoms with van der Waals surface area (Å²) in [6.45, 7) is 3.69. The number of para-hydroxylation sites is 1. The second-order valence-electron chi connectivity index (χ2n) is 10.3. The number of carbonyl (C=O) groups excluding carboxylic acids is 3. The Kier molecular flexibility index (Phi) is 14.9. The second kappa shape index (κ2) is 19.2. The number of carbonyl (C=O) groups is 3. The Bertz CT molecular complexity index is 1070. The number of nitrogens with one attached hydrogen (secondary N) is 2. The molecule has 3 rings (SSSR count). The number of amides is 3. The summed E-state index contributed by atoms with van der Waals surface area (Å²) in [6.07, 6.45) is 8.48. The van der Waals surface area contributed by atoms with Crippen LogP contribution >= 0.6 is 0 Å². The first-order chi connectivity index (χ1) is 20.5. The van der Waals surface area contributed by atoms with Gasteiger partial charge < -0.3 is 29.6 Å². The molecule has 2 aromatic carbocycles. The summed E-state index contributed by atoms with van der Waals surface area (Å²) in [5, 5.41) is 5.41. The second-order valence-corrected chi connectivity index (χ2v) is 10.3. The Morgan fingerprint density at radius 2 is 1.40 bits per heavy atom. The first-order valence-corrected chi connectivity index (χ1v) is 15.2. The van der Waals surface area contributed by atoms with Gasteiger partial charge in [-0.2, -0.15) is 0 Å². The zero-order valence-corrected chi connectivity index (χ0v) is 24.7. The molecule has 2 aromatic rings. The van der Waals surface area contributed by atoms with E-state index in [1.54, 1.807) is 24.3 Å². The molecular formula is C32H45N3O7. The number of alkyl carbamates (subject to hydrolysis) is 2. The minimum absolute atomic E-state index is 0.181. The molecule has 1 aliphatic rings. The van der Waals surface area contributed by atoms with E-state index in [9.17, 15) is 14.4 Å². The van der Waals surface area contributed by atoms with Crippen molar-refractivity contribution in [2.75, 3.05) is 26.2 Å². The minimum atomic E-state index is -0.722. The van der Waals surface area contributed by atoms with Crippen LogP contribution in [0.3, 0.4) is 0 Å². The summed E-state index contributed by atoms with van der Waals surface area (Å²) in [6, 6.07) is 16.1. The van der Waals surface area contributed by atoms with Gasteiger partial charge >= 0.3 is 18.3 Å². The normalized spacial score (nSPS) is 14.5. The molecule has 0 aliphatic carbocycles. The van der Waals surface area contributed by atoms with Gasteiger partial charge in [0.05, 0.1) is 6.61 Å². The van der Waals surface area contributed by atoms with Crippen LogP contribution in [0.2, 0.25) is 0 Å². The molecule has 2 N–H and O–H groups in total. The molecule has 0 spiro atoms. The first kappa shape index (κ1) is 32.6. The van der Waals surface area contributed by atoms with Gasteiger partial charge in [0.15, 0.2) is 6.23 Å². The topological polar surface area (TPSA) is 115 Å². The number of piperidine rings is 1. The van der Waals surface area contributed by atoms with Crippen molar-refractivity contribution in [1.82, 2.24) is 15.5 Å². The predicted octanol–water partition coefficient (Wildman–Crippen LogP) is 7.38. The highest BCUT2D eigenvalue weighted by atomic mass is 16.6. The van der Waals surface area contributed by atoms with E-state index in [4.69, 9.17) is 18.9 Å². The van der Waals surface area contributed by atoms with E-state index in [0.717, 1.165) is 25.7 Å². The van der Waals surface area contributed by atoms with Crippen LogP contribution in [-0.2, 0) is 9.47 Å². The predicted molar refractivity (Wildman–Crippen MR) is 160 cm³/mol. The Morgan fingerprint density at radius 3 is 2.17 bits per heavy atom. The molecule has 10 nitrogen and oxygen atoms in total. The third-order valence-electron chi connectivity index (χ3n) is 6.81. The number of rotatable bonds is 16. The molecule has 0 aromatic heterocycles. The van der Waals surface area contributed by atoms with Crippen molar-refractivity contribution < 1.29 is 33.3 Å². The third-order valence-corrected chi connectivity index (χ3v) is 6.81. The number of likely N-dealkylation sites (tertiary alicyclic amines) is 1. The van der Waals surface area contributed by atoms with Crippen molar-refractivity contribution in [2.24, 2.45) is 0 Å². The van der Waals surface area contributed by atoms with Gasteiger partial charge in [0.25, 0.3) is 0 Å². The fourth-order valence-corrected chi connectivity index (χ4v) is 4.51. The lowest BCUT2D eigenvalue weighted by Crippen LogP contribution is -2.48. The highest BCUT2D eigenvalue weighted by Crippen LogP contribution is 2.25. The van der Waals surface area contributed by atoms with Gasteiger partial charge in [-0.15, -0.1) is 0 Å². The van der Waals surface area contributed by atoms with Gasteiger partial charge in [0.1, 0.15) is 17.2 Å². The van der Waals surface area contributed by atoms with Crippen molar-refractivity contribution in [2.45, 2.75) is 83.8 Å². The monoisotopic (exact) mass is 583 g/mol. The van der Waals surface area contributed by atoms with E-state index in [1.807, 2.05) is 30.3 Å². The van der Waals surface area contributed by atoms with Gasteiger partial charge in [0.2, 0.25) is 0 Å². The van der Waals surface area contributed by atoms with E-state index in [-0.39, 0.29) is 13.2 Å². The summed E-state index contributed by atoms with van der Waals surface area (Å²) >= 11 is 0. The molecule has 1 fully saturated rings. The van der Waals surface area contributed by atoms with Crippen molar-refractivity contribution in [3.63, 3.8) is 0 Å². The summed E-state index contributed by atoms with van der Waals surface area (Å²) in [4.78, 5) is 38.5. The molecule has 42 heavy (non-hydrogen) atoms. The summed E-state index contributed by atoms with van der Waals surface area (Å²) in [5.41, 5.74) is 0. The van der Waals surface area contributed by atoms with E-state index >= 15 is 0 Å². The fourth-order valence-electron chi connectivity index (χ4n) is 4.51. The van der Waals surface area contributed by atoms with Gasteiger partial charge in [-0.05, 0) is 62.1 Å². The van der Waals surface area contributed by atoms with Gasteiger partial charge in [-0.25, -0.2) is 14.4 Å². The summed E-state index contributed by atoms with van der Waals surface area (Å²) in [5.74, 6) is 1.69. The zero-order valence-electron chi connectivity index (χ0n) is 24.7. The third kappa shape index (κ3) is 12.7. The lowest BCUT2D eigenvalue weighted by atomic mass is 10.1. The molecule has 1 atom stereocenters. The van der Waals surface area contributed by atoms with Crippen LogP contribution in [0.1, 0.15) is 77.6 Å². The molecule has 1 unspecified atom stereocenters. The Hall–Kier alpha value is -3.95. The van der Waals surface area contributed by atoms with Crippen LogP contribution in [0, 0.1) is 0 Å². The number of unbranched alkanes of at least 4 members (excludes halogenated alkanes) is 6. The number of ether oxygens (including phenoxy) is 4. The van der Waals surface area contributed by atoms with E-state index in [2.05, 4.69) is 17.6 Å². The van der Waals surface area contributed by atoms with Crippen LogP contribution in [-0.4, -0.2) is 55.6 Å². The fraction of sp³-hybridized carbons (Fsp3) is 0.531. The van der Waals surface area contributed by atoms with E-state index in [0.29, 0.717) is 43.2 Å². The molecule has 230 valence electrons. The zero-order chi connectivity index (χ0) is 29.8. The smallest absolute Gasteiger partial charge is 0.418 e. The minimum Gasteiger partial charge on any atom is -0.457 e. The van der Waals surface area contributed by atoms with Crippen LogP contribution < -0.4 is 20.1 Å². The van der Waals surface area contributed by atoms with Crippen LogP contribution in [0.5, 0.6) is 17.2 Å². The van der Waals surface area contributed by atoms with Crippen molar-refractivity contribution in [3.8, 4) is 17.2 Å². The molecule has 1 saturated heterocycles. The van der Waals surface area contributed by atoms with Gasteiger partial charge in [-0.1, -0.05) is 63.6 Å². The molecule has 3 amide bonds. The maximum Gasteiger partial charge on any atom is 0.418 e. The number of nitrogens with zero attached hydrogens (tertiary/aromatic N) is 1. The Morgan fingerprint density at radius 1 is 0.762 bits per heavy atom. The lowest BCUT2D eigenvalue weighted by Gasteiger charge is -2.33. The molecule has 1 aliphatic heterocycles. The van der Waals surface area contributed by atoms with Crippen LogP contribution in [0.4, 0.5) is 14.4 Å². The lowest BCUT2D eigenvalue weighted by molar-refractivity contribution is -0.0224. The standard InChI is InChI=1S/C32H45N3O7/c1-2-3-4-5-6-7-12-22-33-30(36)39-25-14-23-34-31(37)42-29-17-11-13-24-35(29)32(38)41-28-20-18-27(19-21-28)40-26-15-9-8-10-16-26/h8-10,15-16,18-21,29H,2-7,11-14,17,22-25H2,1H3,(H,33,36)(H,34,37). The summed E-state index contributed by atoms with van der Waals surface area (Å²) in [7, 11) is 0. The highest BCUT2D eigenvalue weighted by molar-refractivity contribution is 5.72. The molecular weight excluding hydrogens is 538 g/mol. The van der Waals surface area contributed by atoms with Crippen molar-refractivity contribution in [1.29, 1.82) is 0 Å². The Labute approximate surface area is 249 Å². The first-order valence-electron chi connectivity index (χ1n) is 15.2. The Balaban J connectivity index is 1.29. The average Bonchev–Trinajstić information content (AvgIpc) is 3.00. The maximum absolute atomic E-state index is 12.9. The number of benzene rings is 2. The molecule has 0 saturated carbocycles. The SMILES string of the molecule is CCCCCCCCCNC(=O)OCCCNC(=O)OC1CCCCN1C(=O)Oc1ccc(Oc2ccccc2)cc1. The molecule has 0 bridgehead atoms. The maximum atomic E-state index is 12.9. The number of hydrogen-bond donors (Lipinski definition) is 2. The van der Waals surface area contributed by atoms with Crippen molar-refractivity contribution >= 4 is 18.3 Å². The molecule has 10 heteroatoms. The molecule has 1 heterocycles. The molecule has 0 radical (unpaired) electrons. The van der Waals surface area contributed by atoms with E-state index < -0.39 is 24.5 Å². The largest absolute Gasteiger partial charge is 0.457 e. The summed E-state index contributed by atoms with van der Waals surface area (Å²) < 4.78 is 22.0. The van der Waals surface area contributed by atoms with Crippen LogP contribution in [0.25, 0.3) is 0 Å². The van der Waals surface area contributed by atoms with Crippen LogP contribution in [0.15, 0.2) is 54.6 Å². The van der Waals surface area contributed by atoms with Gasteiger partial charge in [0, 0.05) is 26.1 Å². The average molecular weight is 584 g/mol. The quantitative estimate of drug-likeness (QED) is 0.198. The van der Waals surface area contributed by atoms with Crippen molar-refractivity contribution in [3.05, 3.63) is 54.6 Å². The van der Waals surface area contributed by atoms with Gasteiger partial charge in [-0.3, -0.25) is 4.90 Å². The highest BCUT2D eigenvalue weighted by Gasteiger charge is 2.31. The number of hydrogen-bond acceptors (Lipinski definition) is 7.